The first-order chi connectivity index (χ1) is 19.9. The average Bonchev–Trinajstić information content (AvgIpc) is 3.78. The van der Waals surface area contributed by atoms with Gasteiger partial charge in [0, 0.05) is 44.3 Å². The van der Waals surface area contributed by atoms with Gasteiger partial charge >= 0.3 is 0 Å². The molecule has 3 aromatic rings. The Bertz CT molecular complexity index is 1300. The zero-order chi connectivity index (χ0) is 28.8. The molecule has 0 bridgehead atoms. The Morgan fingerprint density at radius 2 is 1.85 bits per heavy atom. The molecule has 5 rings (SSSR count). The van der Waals surface area contributed by atoms with E-state index in [0.717, 1.165) is 44.1 Å². The van der Waals surface area contributed by atoms with Crippen LogP contribution in [0.5, 0.6) is 0 Å². The minimum Gasteiger partial charge on any atom is -0.343 e. The van der Waals surface area contributed by atoms with Gasteiger partial charge in [-0.05, 0) is 63.6 Å². The molecular weight excluding hydrogens is 518 g/mol. The molecule has 1 aliphatic heterocycles. The van der Waals surface area contributed by atoms with E-state index in [1.165, 1.54) is 0 Å². The fourth-order valence-corrected chi connectivity index (χ4v) is 6.11. The Morgan fingerprint density at radius 3 is 2.59 bits per heavy atom. The highest BCUT2D eigenvalue weighted by molar-refractivity contribution is 5.93. The molecular formula is C31H41N7O3. The van der Waals surface area contributed by atoms with Gasteiger partial charge in [-0.1, -0.05) is 43.2 Å². The summed E-state index contributed by atoms with van der Waals surface area (Å²) < 4.78 is 1.75. The van der Waals surface area contributed by atoms with E-state index in [1.807, 2.05) is 34.2 Å². The number of amides is 3. The number of nitrogens with zero attached hydrogens (tertiary/aromatic N) is 5. The molecule has 218 valence electrons. The summed E-state index contributed by atoms with van der Waals surface area (Å²) in [6.07, 6.45) is 11.6. The molecule has 3 heterocycles. The van der Waals surface area contributed by atoms with Gasteiger partial charge in [0.05, 0.1) is 6.04 Å². The van der Waals surface area contributed by atoms with Crippen LogP contribution >= 0.6 is 0 Å². The second kappa shape index (κ2) is 13.2. The van der Waals surface area contributed by atoms with E-state index in [2.05, 4.69) is 32.7 Å². The van der Waals surface area contributed by atoms with E-state index in [9.17, 15) is 14.4 Å². The molecule has 3 atom stereocenters. The van der Waals surface area contributed by atoms with Crippen molar-refractivity contribution in [3.05, 3.63) is 66.2 Å². The smallest absolute Gasteiger partial charge is 0.274 e. The number of hydrogen-bond donors (Lipinski definition) is 2. The second-order valence-electron chi connectivity index (χ2n) is 11.3. The zero-order valence-electron chi connectivity index (χ0n) is 24.0. The summed E-state index contributed by atoms with van der Waals surface area (Å²) in [4.78, 5) is 53.3. The first-order valence-electron chi connectivity index (χ1n) is 14.9. The number of likely N-dealkylation sites (N-methyl/N-ethyl adjacent to an activating group) is 1. The normalized spacial score (nSPS) is 18.9. The molecule has 0 spiro atoms. The number of likely N-dealkylation sites (tertiary alicyclic amines) is 1. The largest absolute Gasteiger partial charge is 0.343 e. The van der Waals surface area contributed by atoms with Crippen molar-refractivity contribution in [3.63, 3.8) is 0 Å². The van der Waals surface area contributed by atoms with Crippen molar-refractivity contribution in [1.29, 1.82) is 0 Å². The van der Waals surface area contributed by atoms with Gasteiger partial charge in [0.25, 0.3) is 5.91 Å². The summed E-state index contributed by atoms with van der Waals surface area (Å²) in [6, 6.07) is 10.8. The summed E-state index contributed by atoms with van der Waals surface area (Å²) in [6.45, 7) is 3.35. The third-order valence-electron chi connectivity index (χ3n) is 8.61. The number of carbonyl (C=O) groups is 3. The van der Waals surface area contributed by atoms with E-state index in [1.54, 1.807) is 36.8 Å². The van der Waals surface area contributed by atoms with Crippen LogP contribution < -0.4 is 10.6 Å². The van der Waals surface area contributed by atoms with Crippen molar-refractivity contribution in [2.75, 3.05) is 26.7 Å². The number of benzene rings is 1. The number of imidazole rings is 1. The van der Waals surface area contributed by atoms with Crippen LogP contribution in [-0.4, -0.2) is 86.7 Å². The first kappa shape index (κ1) is 28.7. The molecule has 2 aromatic heterocycles. The Kier molecular flexibility index (Phi) is 9.28. The van der Waals surface area contributed by atoms with Crippen molar-refractivity contribution in [2.45, 2.75) is 70.0 Å². The number of fused-ring (bicyclic) bond motifs is 1. The molecule has 10 nitrogen and oxygen atoms in total. The SMILES string of the molecule is CN[C@@H](C)C(=O)N[C@H](C(=O)N1CCC[C@H]1CN(CCc1ccccc1)C(=O)c1cn2cccnc2n1)C1CCCC1. The molecule has 0 unspecified atom stereocenters. The van der Waals surface area contributed by atoms with Gasteiger partial charge in [-0.15, -0.1) is 0 Å². The fraction of sp³-hybridized carbons (Fsp3) is 0.516. The monoisotopic (exact) mass is 559 g/mol. The predicted octanol–water partition coefficient (Wildman–Crippen LogP) is 2.69. The summed E-state index contributed by atoms with van der Waals surface area (Å²) >= 11 is 0. The molecule has 1 aromatic carbocycles. The van der Waals surface area contributed by atoms with Crippen LogP contribution in [0.1, 0.15) is 61.5 Å². The van der Waals surface area contributed by atoms with Gasteiger partial charge < -0.3 is 20.4 Å². The van der Waals surface area contributed by atoms with Crippen molar-refractivity contribution in [2.24, 2.45) is 5.92 Å². The highest BCUT2D eigenvalue weighted by atomic mass is 16.2. The summed E-state index contributed by atoms with van der Waals surface area (Å²) in [5.41, 5.74) is 1.48. The van der Waals surface area contributed by atoms with E-state index in [4.69, 9.17) is 0 Å². The van der Waals surface area contributed by atoms with Gasteiger partial charge in [0.2, 0.25) is 17.6 Å². The number of hydrogen-bond acceptors (Lipinski definition) is 6. The molecule has 1 aliphatic carbocycles. The highest BCUT2D eigenvalue weighted by Gasteiger charge is 2.40. The number of nitrogens with one attached hydrogen (secondary N) is 2. The van der Waals surface area contributed by atoms with Crippen molar-refractivity contribution in [1.82, 2.24) is 34.8 Å². The summed E-state index contributed by atoms with van der Waals surface area (Å²) in [7, 11) is 1.74. The Labute approximate surface area is 241 Å². The van der Waals surface area contributed by atoms with E-state index < -0.39 is 6.04 Å². The lowest BCUT2D eigenvalue weighted by Crippen LogP contribution is -2.57. The summed E-state index contributed by atoms with van der Waals surface area (Å²) in [5.74, 6) is 0.256. The van der Waals surface area contributed by atoms with E-state index in [-0.39, 0.29) is 35.7 Å². The molecule has 2 N–H and O–H groups in total. The third kappa shape index (κ3) is 6.75. The van der Waals surface area contributed by atoms with Crippen LogP contribution in [0, 0.1) is 5.92 Å². The molecule has 10 heteroatoms. The van der Waals surface area contributed by atoms with Gasteiger partial charge in [0.1, 0.15) is 11.7 Å². The van der Waals surface area contributed by atoms with Crippen LogP contribution in [0.3, 0.4) is 0 Å². The highest BCUT2D eigenvalue weighted by Crippen LogP contribution is 2.30. The quantitative estimate of drug-likeness (QED) is 0.374. The van der Waals surface area contributed by atoms with Crippen molar-refractivity contribution < 1.29 is 14.4 Å². The maximum atomic E-state index is 14.1. The molecule has 1 saturated carbocycles. The number of aromatic nitrogens is 3. The third-order valence-corrected chi connectivity index (χ3v) is 8.61. The van der Waals surface area contributed by atoms with Crippen LogP contribution in [0.2, 0.25) is 0 Å². The molecule has 1 saturated heterocycles. The number of carbonyl (C=O) groups excluding carboxylic acids is 3. The minimum atomic E-state index is -0.542. The molecule has 41 heavy (non-hydrogen) atoms. The topological polar surface area (TPSA) is 112 Å². The van der Waals surface area contributed by atoms with E-state index in [0.29, 0.717) is 37.5 Å². The minimum absolute atomic E-state index is 0.0246. The Hall–Kier alpha value is -3.79. The van der Waals surface area contributed by atoms with Gasteiger partial charge in [-0.3, -0.25) is 18.8 Å². The predicted molar refractivity (Wildman–Crippen MR) is 156 cm³/mol. The fourth-order valence-electron chi connectivity index (χ4n) is 6.11. The van der Waals surface area contributed by atoms with Crippen LogP contribution in [0.25, 0.3) is 5.78 Å². The van der Waals surface area contributed by atoms with Crippen molar-refractivity contribution in [3.8, 4) is 0 Å². The maximum Gasteiger partial charge on any atom is 0.274 e. The van der Waals surface area contributed by atoms with Crippen molar-refractivity contribution >= 4 is 23.5 Å². The van der Waals surface area contributed by atoms with Crippen LogP contribution in [-0.2, 0) is 16.0 Å². The number of rotatable bonds is 11. The molecule has 3 amide bonds. The van der Waals surface area contributed by atoms with Gasteiger partial charge in [0.15, 0.2) is 0 Å². The molecule has 2 fully saturated rings. The Balaban J connectivity index is 1.36. The summed E-state index contributed by atoms with van der Waals surface area (Å²) in [5, 5.41) is 6.05. The molecule has 0 radical (unpaired) electrons. The van der Waals surface area contributed by atoms with Gasteiger partial charge in [-0.2, -0.15) is 0 Å². The van der Waals surface area contributed by atoms with E-state index >= 15 is 0 Å². The first-order valence-corrected chi connectivity index (χ1v) is 14.9. The lowest BCUT2D eigenvalue weighted by atomic mass is 9.96. The second-order valence-corrected chi connectivity index (χ2v) is 11.3. The zero-order valence-corrected chi connectivity index (χ0v) is 24.0. The van der Waals surface area contributed by atoms with Gasteiger partial charge in [-0.25, -0.2) is 9.97 Å². The lowest BCUT2D eigenvalue weighted by molar-refractivity contribution is -0.139. The Morgan fingerprint density at radius 1 is 1.07 bits per heavy atom. The maximum absolute atomic E-state index is 14.1. The van der Waals surface area contributed by atoms with Crippen LogP contribution in [0.4, 0.5) is 0 Å². The molecule has 2 aliphatic rings. The standard InChI is InChI=1S/C31H41N7O3/c1-22(32-2)28(39)35-27(24-12-6-7-13-24)30(41)38-18-8-14-25(38)20-36(19-15-23-10-4-3-5-11-23)29(40)26-21-37-17-9-16-33-31(37)34-26/h3-5,9-11,16-17,21-22,24-25,27,32H,6-8,12-15,18-20H2,1-2H3,(H,35,39)/t22-,25-,27-/m0/s1. The lowest BCUT2D eigenvalue weighted by Gasteiger charge is -2.35. The van der Waals surface area contributed by atoms with Crippen LogP contribution in [0.15, 0.2) is 55.0 Å². The average molecular weight is 560 g/mol.